The normalized spacial score (nSPS) is 28.8. The second-order valence-corrected chi connectivity index (χ2v) is 4.76. The highest BCUT2D eigenvalue weighted by molar-refractivity contribution is 5.88. The van der Waals surface area contributed by atoms with Gasteiger partial charge in [0.2, 0.25) is 0 Å². The summed E-state index contributed by atoms with van der Waals surface area (Å²) in [5, 5.41) is 0. The van der Waals surface area contributed by atoms with E-state index in [4.69, 9.17) is 9.47 Å². The van der Waals surface area contributed by atoms with E-state index in [9.17, 15) is 4.79 Å². The van der Waals surface area contributed by atoms with Gasteiger partial charge in [0.25, 0.3) is 0 Å². The Balaban J connectivity index is 1.88. The molecule has 0 aromatic rings. The van der Waals surface area contributed by atoms with Crippen molar-refractivity contribution < 1.29 is 14.3 Å². The van der Waals surface area contributed by atoms with E-state index < -0.39 is 0 Å². The van der Waals surface area contributed by atoms with Gasteiger partial charge in [0.15, 0.2) is 0 Å². The Labute approximate surface area is 107 Å². The van der Waals surface area contributed by atoms with E-state index in [1.54, 1.807) is 0 Å². The Morgan fingerprint density at radius 3 is 2.89 bits per heavy atom. The van der Waals surface area contributed by atoms with Crippen LogP contribution in [0.15, 0.2) is 49.1 Å². The van der Waals surface area contributed by atoms with Gasteiger partial charge in [-0.2, -0.15) is 0 Å². The van der Waals surface area contributed by atoms with E-state index >= 15 is 0 Å². The molecule has 2 rings (SSSR count). The van der Waals surface area contributed by atoms with Crippen LogP contribution in [0.25, 0.3) is 0 Å². The number of carbonyl (C=O) groups excluding carboxylic acids is 1. The van der Waals surface area contributed by atoms with E-state index in [1.165, 1.54) is 0 Å². The summed E-state index contributed by atoms with van der Waals surface area (Å²) in [5.41, 5.74) is 0.275. The number of hydrogen-bond acceptors (Lipinski definition) is 3. The average molecular weight is 246 g/mol. The van der Waals surface area contributed by atoms with Crippen LogP contribution in [0, 0.1) is 5.41 Å². The highest BCUT2D eigenvalue weighted by Gasteiger charge is 2.28. The van der Waals surface area contributed by atoms with Gasteiger partial charge in [0.05, 0.1) is 6.61 Å². The quantitative estimate of drug-likeness (QED) is 0.313. The number of ether oxygens (including phenoxy) is 2. The van der Waals surface area contributed by atoms with Crippen LogP contribution < -0.4 is 0 Å². The van der Waals surface area contributed by atoms with Crippen LogP contribution in [0.4, 0.5) is 0 Å². The lowest BCUT2D eigenvalue weighted by Gasteiger charge is -2.27. The topological polar surface area (TPSA) is 38.8 Å². The lowest BCUT2D eigenvalue weighted by molar-refractivity contribution is -0.139. The largest absolute Gasteiger partial charge is 0.459 e. The molecule has 2 atom stereocenters. The van der Waals surface area contributed by atoms with E-state index in [0.717, 1.165) is 6.42 Å². The number of esters is 1. The Morgan fingerprint density at radius 1 is 1.56 bits per heavy atom. The first-order valence-electron chi connectivity index (χ1n) is 6.10. The van der Waals surface area contributed by atoms with Gasteiger partial charge in [-0.15, -0.1) is 6.58 Å². The van der Waals surface area contributed by atoms with E-state index in [0.29, 0.717) is 25.2 Å². The van der Waals surface area contributed by atoms with Crippen molar-refractivity contribution in [1.29, 1.82) is 0 Å². The molecule has 96 valence electrons. The molecule has 1 saturated heterocycles. The summed E-state index contributed by atoms with van der Waals surface area (Å²) in [6, 6.07) is 0. The molecular weight excluding hydrogens is 228 g/mol. The minimum atomic E-state index is -0.338. The van der Waals surface area contributed by atoms with Crippen molar-refractivity contribution in [3.63, 3.8) is 0 Å². The van der Waals surface area contributed by atoms with Crippen molar-refractivity contribution in [2.24, 2.45) is 5.41 Å². The second-order valence-electron chi connectivity index (χ2n) is 4.76. The maximum atomic E-state index is 11.8. The molecule has 18 heavy (non-hydrogen) atoms. The molecule has 2 aliphatic rings. The molecule has 0 radical (unpaired) electrons. The second kappa shape index (κ2) is 5.36. The number of rotatable bonds is 6. The Morgan fingerprint density at radius 2 is 2.33 bits per heavy atom. The summed E-state index contributed by atoms with van der Waals surface area (Å²) >= 11 is 0. The molecule has 0 N–H and O–H groups in total. The van der Waals surface area contributed by atoms with Crippen molar-refractivity contribution in [2.45, 2.75) is 18.9 Å². The van der Waals surface area contributed by atoms with E-state index in [-0.39, 0.29) is 17.5 Å². The predicted octanol–water partition coefficient (Wildman–Crippen LogP) is 2.56. The molecular formula is C15H18O3. The van der Waals surface area contributed by atoms with Gasteiger partial charge in [-0.25, -0.2) is 4.79 Å². The van der Waals surface area contributed by atoms with Crippen molar-refractivity contribution in [3.8, 4) is 0 Å². The van der Waals surface area contributed by atoms with Gasteiger partial charge in [-0.1, -0.05) is 37.0 Å². The lowest BCUT2D eigenvalue weighted by Crippen LogP contribution is -2.20. The van der Waals surface area contributed by atoms with Crippen LogP contribution in [0.2, 0.25) is 0 Å². The smallest absolute Gasteiger partial charge is 0.333 e. The summed E-state index contributed by atoms with van der Waals surface area (Å²) in [6.07, 6.45) is 11.4. The monoisotopic (exact) mass is 246 g/mol. The highest BCUT2D eigenvalue weighted by atomic mass is 16.6. The van der Waals surface area contributed by atoms with Gasteiger partial charge in [-0.05, 0) is 12.8 Å². The van der Waals surface area contributed by atoms with Crippen molar-refractivity contribution >= 4 is 5.97 Å². The molecule has 1 heterocycles. The Bertz CT molecular complexity index is 415. The maximum absolute atomic E-state index is 11.8. The predicted molar refractivity (Wildman–Crippen MR) is 70.0 cm³/mol. The van der Waals surface area contributed by atoms with Gasteiger partial charge < -0.3 is 9.47 Å². The van der Waals surface area contributed by atoms with Crippen molar-refractivity contribution in [3.05, 3.63) is 49.1 Å². The minimum absolute atomic E-state index is 0.0904. The zero-order valence-corrected chi connectivity index (χ0v) is 10.4. The summed E-state index contributed by atoms with van der Waals surface area (Å²) < 4.78 is 10.1. The summed E-state index contributed by atoms with van der Waals surface area (Å²) in [4.78, 5) is 11.8. The molecule has 1 aliphatic heterocycles. The Kier molecular flexibility index (Phi) is 3.82. The number of carbonyl (C=O) groups is 1. The molecule has 0 bridgehead atoms. The third kappa shape index (κ3) is 3.20. The molecule has 1 aliphatic carbocycles. The fourth-order valence-electron chi connectivity index (χ4n) is 1.94. The van der Waals surface area contributed by atoms with E-state index in [2.05, 4.69) is 25.3 Å². The summed E-state index contributed by atoms with van der Waals surface area (Å²) in [7, 11) is 0. The summed E-state index contributed by atoms with van der Waals surface area (Å²) in [6.45, 7) is 8.69. The van der Waals surface area contributed by atoms with Crippen LogP contribution in [-0.4, -0.2) is 25.3 Å². The van der Waals surface area contributed by atoms with Crippen LogP contribution >= 0.6 is 0 Å². The molecule has 0 spiro atoms. The zero-order chi connectivity index (χ0) is 13.0. The van der Waals surface area contributed by atoms with Gasteiger partial charge in [0, 0.05) is 11.0 Å². The highest BCUT2D eigenvalue weighted by Crippen LogP contribution is 2.35. The van der Waals surface area contributed by atoms with Crippen molar-refractivity contribution in [1.82, 2.24) is 0 Å². The SMILES string of the molecule is C=CC1(CC(=C)C(=O)OCC2CO2)C=CC=CC1. The van der Waals surface area contributed by atoms with Gasteiger partial charge in [-0.3, -0.25) is 0 Å². The first-order chi connectivity index (χ1) is 8.65. The van der Waals surface area contributed by atoms with Crippen LogP contribution in [-0.2, 0) is 14.3 Å². The van der Waals surface area contributed by atoms with Crippen molar-refractivity contribution in [2.75, 3.05) is 13.2 Å². The molecule has 0 aromatic heterocycles. The molecule has 2 unspecified atom stereocenters. The number of allylic oxidation sites excluding steroid dienone is 5. The molecule has 1 fully saturated rings. The third-order valence-corrected chi connectivity index (χ3v) is 3.21. The van der Waals surface area contributed by atoms with Gasteiger partial charge in [0.1, 0.15) is 12.7 Å². The third-order valence-electron chi connectivity index (χ3n) is 3.21. The molecule has 0 saturated carbocycles. The van der Waals surface area contributed by atoms with E-state index in [1.807, 2.05) is 18.2 Å². The standard InChI is InChI=1S/C15H18O3/c1-3-15(7-5-4-6-8-15)9-12(2)14(16)18-11-13-10-17-13/h3-7,13H,1-2,8-11H2. The van der Waals surface area contributed by atoms with Crippen LogP contribution in [0.5, 0.6) is 0 Å². The minimum Gasteiger partial charge on any atom is -0.459 e. The van der Waals surface area contributed by atoms with Crippen LogP contribution in [0.3, 0.4) is 0 Å². The fourth-order valence-corrected chi connectivity index (χ4v) is 1.94. The van der Waals surface area contributed by atoms with Gasteiger partial charge >= 0.3 is 5.97 Å². The molecule has 3 heteroatoms. The average Bonchev–Trinajstić information content (AvgIpc) is 3.21. The van der Waals surface area contributed by atoms with Crippen LogP contribution in [0.1, 0.15) is 12.8 Å². The number of hydrogen-bond donors (Lipinski definition) is 0. The maximum Gasteiger partial charge on any atom is 0.333 e. The lowest BCUT2D eigenvalue weighted by atomic mass is 9.77. The molecule has 3 nitrogen and oxygen atoms in total. The molecule has 0 amide bonds. The number of epoxide rings is 1. The fraction of sp³-hybridized carbons (Fsp3) is 0.400. The Hall–Kier alpha value is -1.61. The first-order valence-corrected chi connectivity index (χ1v) is 6.10. The first kappa shape index (κ1) is 12.8. The molecule has 0 aromatic carbocycles. The zero-order valence-electron chi connectivity index (χ0n) is 10.4. The summed E-state index contributed by atoms with van der Waals surface area (Å²) in [5.74, 6) is -0.338.